The number of rotatable bonds is 5. The lowest BCUT2D eigenvalue weighted by molar-refractivity contribution is 0.151. The molecule has 0 unspecified atom stereocenters. The van der Waals surface area contributed by atoms with Crippen LogP contribution < -0.4 is 10.7 Å². The Hall–Kier alpha value is -3.54. The van der Waals surface area contributed by atoms with E-state index in [9.17, 15) is 18.0 Å². The quantitative estimate of drug-likeness (QED) is 0.355. The molecule has 4 rings (SSSR count). The zero-order valence-electron chi connectivity index (χ0n) is 17.9. The molecule has 0 aliphatic heterocycles. The van der Waals surface area contributed by atoms with Gasteiger partial charge in [-0.3, -0.25) is 4.79 Å². The van der Waals surface area contributed by atoms with Gasteiger partial charge in [0.05, 0.1) is 11.4 Å². The molecule has 3 aromatic carbocycles. The van der Waals surface area contributed by atoms with Crippen LogP contribution in [0.15, 0.2) is 69.9 Å². The summed E-state index contributed by atoms with van der Waals surface area (Å²) >= 11 is 0. The second-order valence-electron chi connectivity index (χ2n) is 7.88. The fraction of sp³-hybridized carbons (Fsp3) is 0.192. The van der Waals surface area contributed by atoms with Gasteiger partial charge in [0, 0.05) is 27.9 Å². The Balaban J connectivity index is 1.87. The van der Waals surface area contributed by atoms with E-state index in [-0.39, 0.29) is 11.1 Å². The molecule has 0 radical (unpaired) electrons. The second-order valence-corrected chi connectivity index (χ2v) is 7.88. The number of hydrogen-bond acceptors (Lipinski definition) is 3. The van der Waals surface area contributed by atoms with Gasteiger partial charge in [0.2, 0.25) is 0 Å². The zero-order valence-corrected chi connectivity index (χ0v) is 17.9. The van der Waals surface area contributed by atoms with E-state index in [0.29, 0.717) is 27.9 Å². The molecule has 164 valence electrons. The highest BCUT2D eigenvalue weighted by atomic mass is 19.3. The lowest BCUT2D eigenvalue weighted by Crippen LogP contribution is -2.13. The standard InChI is InChI=1S/C26H22F3NO2/c1-14-11-19(16(3)30-22-10-9-18(27)13-20(22)26(28)29)25-21(12-14)23(31)15(2)24(32-25)17-7-5-4-6-8-17/h4-13,16,26,30H,1-3H3/t16-/m1/s1. The summed E-state index contributed by atoms with van der Waals surface area (Å²) in [7, 11) is 0. The Kier molecular flexibility index (Phi) is 5.78. The van der Waals surface area contributed by atoms with Crippen LogP contribution in [0.1, 0.15) is 41.6 Å². The summed E-state index contributed by atoms with van der Waals surface area (Å²) in [6.45, 7) is 5.37. The minimum Gasteiger partial charge on any atom is -0.455 e. The summed E-state index contributed by atoms with van der Waals surface area (Å²) in [5.74, 6) is -0.260. The Morgan fingerprint density at radius 1 is 0.938 bits per heavy atom. The van der Waals surface area contributed by atoms with Gasteiger partial charge < -0.3 is 9.73 Å². The maximum absolute atomic E-state index is 13.5. The van der Waals surface area contributed by atoms with Crippen molar-refractivity contribution in [2.24, 2.45) is 0 Å². The molecular weight excluding hydrogens is 415 g/mol. The lowest BCUT2D eigenvalue weighted by Gasteiger charge is -2.20. The predicted octanol–water partition coefficient (Wildman–Crippen LogP) is 7.33. The van der Waals surface area contributed by atoms with Crippen molar-refractivity contribution >= 4 is 16.7 Å². The van der Waals surface area contributed by atoms with Crippen molar-refractivity contribution in [2.45, 2.75) is 33.2 Å². The molecule has 0 saturated heterocycles. The normalized spacial score (nSPS) is 12.3. The van der Waals surface area contributed by atoms with E-state index in [4.69, 9.17) is 4.42 Å². The molecule has 1 N–H and O–H groups in total. The molecule has 1 aromatic heterocycles. The summed E-state index contributed by atoms with van der Waals surface area (Å²) in [6, 6.07) is 15.7. The summed E-state index contributed by atoms with van der Waals surface area (Å²) < 4.78 is 46.7. The summed E-state index contributed by atoms with van der Waals surface area (Å²) in [4.78, 5) is 13.2. The Morgan fingerprint density at radius 2 is 1.66 bits per heavy atom. The van der Waals surface area contributed by atoms with Gasteiger partial charge in [-0.2, -0.15) is 0 Å². The van der Waals surface area contributed by atoms with E-state index < -0.39 is 23.8 Å². The first-order chi connectivity index (χ1) is 15.3. The van der Waals surface area contributed by atoms with E-state index in [1.165, 1.54) is 6.07 Å². The predicted molar refractivity (Wildman–Crippen MR) is 121 cm³/mol. The van der Waals surface area contributed by atoms with Crippen LogP contribution >= 0.6 is 0 Å². The van der Waals surface area contributed by atoms with E-state index >= 15 is 0 Å². The third kappa shape index (κ3) is 4.00. The van der Waals surface area contributed by atoms with Crippen LogP contribution in [0, 0.1) is 19.7 Å². The average molecular weight is 437 g/mol. The number of hydrogen-bond donors (Lipinski definition) is 1. The van der Waals surface area contributed by atoms with Crippen LogP contribution in [0.3, 0.4) is 0 Å². The Labute approximate surface area is 183 Å². The number of anilines is 1. The topological polar surface area (TPSA) is 42.2 Å². The highest BCUT2D eigenvalue weighted by molar-refractivity contribution is 5.84. The highest BCUT2D eigenvalue weighted by Crippen LogP contribution is 2.34. The zero-order chi connectivity index (χ0) is 23.0. The molecule has 0 spiro atoms. The van der Waals surface area contributed by atoms with Gasteiger partial charge in [-0.15, -0.1) is 0 Å². The highest BCUT2D eigenvalue weighted by Gasteiger charge is 2.21. The van der Waals surface area contributed by atoms with Gasteiger partial charge in [-0.25, -0.2) is 13.2 Å². The van der Waals surface area contributed by atoms with Crippen LogP contribution in [0.2, 0.25) is 0 Å². The SMILES string of the molecule is Cc1cc([C@@H](C)Nc2ccc(F)cc2C(F)F)c2oc(-c3ccccc3)c(C)c(=O)c2c1. The first-order valence-electron chi connectivity index (χ1n) is 10.2. The van der Waals surface area contributed by atoms with Gasteiger partial charge in [-0.05, 0) is 50.6 Å². The van der Waals surface area contributed by atoms with Crippen molar-refractivity contribution in [2.75, 3.05) is 5.32 Å². The third-order valence-electron chi connectivity index (χ3n) is 5.52. The smallest absolute Gasteiger partial charge is 0.265 e. The lowest BCUT2D eigenvalue weighted by atomic mass is 9.98. The van der Waals surface area contributed by atoms with Crippen molar-refractivity contribution in [1.29, 1.82) is 0 Å². The fourth-order valence-electron chi connectivity index (χ4n) is 3.91. The Morgan fingerprint density at radius 3 is 2.34 bits per heavy atom. The summed E-state index contributed by atoms with van der Waals surface area (Å²) in [6.07, 6.45) is -2.83. The van der Waals surface area contributed by atoms with E-state index in [1.807, 2.05) is 43.3 Å². The van der Waals surface area contributed by atoms with Crippen molar-refractivity contribution in [3.05, 3.63) is 99.0 Å². The number of nitrogens with one attached hydrogen (secondary N) is 1. The number of alkyl halides is 2. The first-order valence-corrected chi connectivity index (χ1v) is 10.2. The van der Waals surface area contributed by atoms with Gasteiger partial charge in [0.25, 0.3) is 6.43 Å². The van der Waals surface area contributed by atoms with Crippen molar-refractivity contribution in [3.63, 3.8) is 0 Å². The molecule has 32 heavy (non-hydrogen) atoms. The second kappa shape index (κ2) is 8.54. The summed E-state index contributed by atoms with van der Waals surface area (Å²) in [5, 5.41) is 3.47. The molecule has 0 amide bonds. The minimum atomic E-state index is -2.83. The Bertz CT molecular complexity index is 1350. The monoisotopic (exact) mass is 437 g/mol. The van der Waals surface area contributed by atoms with E-state index in [2.05, 4.69) is 5.32 Å². The maximum atomic E-state index is 13.5. The van der Waals surface area contributed by atoms with Crippen LogP contribution in [0.25, 0.3) is 22.3 Å². The molecule has 0 saturated carbocycles. The molecule has 0 aliphatic carbocycles. The third-order valence-corrected chi connectivity index (χ3v) is 5.52. The van der Waals surface area contributed by atoms with Crippen molar-refractivity contribution in [3.8, 4) is 11.3 Å². The molecule has 0 fully saturated rings. The van der Waals surface area contributed by atoms with Gasteiger partial charge in [-0.1, -0.05) is 36.4 Å². The molecule has 6 heteroatoms. The first kappa shape index (κ1) is 21.7. The molecular formula is C26H22F3NO2. The number of fused-ring (bicyclic) bond motifs is 1. The van der Waals surface area contributed by atoms with Gasteiger partial charge in [0.15, 0.2) is 5.43 Å². The number of benzene rings is 3. The molecule has 1 heterocycles. The maximum Gasteiger partial charge on any atom is 0.265 e. The van der Waals surface area contributed by atoms with Crippen LogP contribution in [0.5, 0.6) is 0 Å². The van der Waals surface area contributed by atoms with E-state index in [1.54, 1.807) is 19.9 Å². The molecule has 3 nitrogen and oxygen atoms in total. The van der Waals surface area contributed by atoms with Crippen LogP contribution in [-0.2, 0) is 0 Å². The van der Waals surface area contributed by atoms with Gasteiger partial charge >= 0.3 is 0 Å². The minimum absolute atomic E-state index is 0.126. The largest absolute Gasteiger partial charge is 0.455 e. The summed E-state index contributed by atoms with van der Waals surface area (Å²) in [5.41, 5.74) is 2.72. The molecule has 0 bridgehead atoms. The van der Waals surface area contributed by atoms with Crippen molar-refractivity contribution < 1.29 is 17.6 Å². The molecule has 1 atom stereocenters. The van der Waals surface area contributed by atoms with E-state index in [0.717, 1.165) is 23.3 Å². The molecule has 0 aliphatic rings. The van der Waals surface area contributed by atoms with Gasteiger partial charge in [0.1, 0.15) is 17.2 Å². The number of aryl methyl sites for hydroxylation is 1. The average Bonchev–Trinajstić information content (AvgIpc) is 2.77. The fourth-order valence-corrected chi connectivity index (χ4v) is 3.91. The molecule has 4 aromatic rings. The number of halogens is 3. The van der Waals surface area contributed by atoms with Crippen LogP contribution in [-0.4, -0.2) is 0 Å². The van der Waals surface area contributed by atoms with Crippen molar-refractivity contribution in [1.82, 2.24) is 0 Å². The van der Waals surface area contributed by atoms with Crippen LogP contribution in [0.4, 0.5) is 18.9 Å².